The van der Waals surface area contributed by atoms with Crippen LogP contribution in [0.1, 0.15) is 31.1 Å². The number of H-pyrrole nitrogens is 1. The van der Waals surface area contributed by atoms with Crippen LogP contribution in [-0.4, -0.2) is 38.2 Å². The Morgan fingerprint density at radius 1 is 0.900 bits per heavy atom. The Kier molecular flexibility index (Phi) is 8.27. The molecule has 1 aromatic heterocycles. The van der Waals surface area contributed by atoms with Gasteiger partial charge in [-0.25, -0.2) is 5.10 Å². The van der Waals surface area contributed by atoms with Crippen LogP contribution >= 0.6 is 0 Å². The summed E-state index contributed by atoms with van der Waals surface area (Å²) >= 11 is 0. The molecule has 202 valence electrons. The fourth-order valence-corrected chi connectivity index (χ4v) is 4.77. The Morgan fingerprint density at radius 3 is 2.25 bits per heavy atom. The molecule has 1 amide bonds. The quantitative estimate of drug-likeness (QED) is 0.208. The van der Waals surface area contributed by atoms with Crippen LogP contribution in [0.3, 0.4) is 0 Å². The zero-order valence-electron chi connectivity index (χ0n) is 22.5. The standard InChI is InChI=1S/C32H32N6O2/c1-22(2)20-38(21-23-11-5-3-6-12-23)29-18-17-25(26-15-9-10-16-27(26)31-34-36-37-35-31)19-28(29)33-32(40)30(39)24-13-7-4-8-14-24/h3-19,22,30,39H,20-21H2,1-2H3,(H,33,40)(H,34,35,36,37)/t30-/m1/s1. The molecule has 5 rings (SSSR count). The summed E-state index contributed by atoms with van der Waals surface area (Å²) in [5.74, 6) is 0.429. The number of amides is 1. The summed E-state index contributed by atoms with van der Waals surface area (Å²) in [7, 11) is 0. The highest BCUT2D eigenvalue weighted by atomic mass is 16.3. The molecule has 1 heterocycles. The molecule has 0 spiro atoms. The normalized spacial score (nSPS) is 11.8. The first kappa shape index (κ1) is 26.8. The minimum Gasteiger partial charge on any atom is -0.378 e. The third-order valence-corrected chi connectivity index (χ3v) is 6.60. The highest BCUT2D eigenvalue weighted by Gasteiger charge is 2.22. The van der Waals surface area contributed by atoms with Crippen molar-refractivity contribution in [3.63, 3.8) is 0 Å². The second-order valence-electron chi connectivity index (χ2n) is 10.1. The number of carbonyl (C=O) groups is 1. The molecule has 5 aromatic rings. The van der Waals surface area contributed by atoms with Crippen LogP contribution in [0.2, 0.25) is 0 Å². The fraction of sp³-hybridized carbons (Fsp3) is 0.188. The number of tetrazole rings is 1. The Balaban J connectivity index is 1.58. The predicted octanol–water partition coefficient (Wildman–Crippen LogP) is 5.87. The average Bonchev–Trinajstić information content (AvgIpc) is 3.52. The van der Waals surface area contributed by atoms with Crippen LogP contribution in [0.4, 0.5) is 11.4 Å². The van der Waals surface area contributed by atoms with Gasteiger partial charge in [-0.2, -0.15) is 0 Å². The first-order chi connectivity index (χ1) is 19.5. The number of aromatic nitrogens is 4. The minimum atomic E-state index is -1.31. The van der Waals surface area contributed by atoms with Crippen LogP contribution in [0.5, 0.6) is 0 Å². The van der Waals surface area contributed by atoms with Crippen molar-refractivity contribution in [2.75, 3.05) is 16.8 Å². The van der Waals surface area contributed by atoms with E-state index in [4.69, 9.17) is 0 Å². The lowest BCUT2D eigenvalue weighted by Crippen LogP contribution is -2.29. The van der Waals surface area contributed by atoms with Gasteiger partial charge in [-0.1, -0.05) is 105 Å². The van der Waals surface area contributed by atoms with E-state index in [0.29, 0.717) is 29.5 Å². The molecule has 0 saturated heterocycles. The molecular formula is C32H32N6O2. The van der Waals surface area contributed by atoms with Crippen LogP contribution in [0, 0.1) is 5.92 Å². The van der Waals surface area contributed by atoms with E-state index < -0.39 is 12.0 Å². The van der Waals surface area contributed by atoms with Crippen LogP contribution in [0.15, 0.2) is 103 Å². The summed E-state index contributed by atoms with van der Waals surface area (Å²) in [6, 6.07) is 33.0. The van der Waals surface area contributed by atoms with Gasteiger partial charge in [-0.15, -0.1) is 5.10 Å². The van der Waals surface area contributed by atoms with Crippen LogP contribution < -0.4 is 10.2 Å². The third-order valence-electron chi connectivity index (χ3n) is 6.60. The lowest BCUT2D eigenvalue weighted by atomic mass is 9.97. The lowest BCUT2D eigenvalue weighted by Gasteiger charge is -2.30. The van der Waals surface area contributed by atoms with Crippen molar-refractivity contribution in [3.05, 3.63) is 114 Å². The summed E-state index contributed by atoms with van der Waals surface area (Å²) < 4.78 is 0. The maximum absolute atomic E-state index is 13.4. The second-order valence-corrected chi connectivity index (χ2v) is 10.1. The summed E-state index contributed by atoms with van der Waals surface area (Å²) in [6.45, 7) is 5.79. The second kappa shape index (κ2) is 12.4. The van der Waals surface area contributed by atoms with Gasteiger partial charge in [-0.3, -0.25) is 4.79 Å². The van der Waals surface area contributed by atoms with E-state index in [2.05, 4.69) is 56.8 Å². The number of benzene rings is 4. The van der Waals surface area contributed by atoms with E-state index in [1.807, 2.05) is 66.7 Å². The Labute approximate surface area is 233 Å². The summed E-state index contributed by atoms with van der Waals surface area (Å²) in [4.78, 5) is 15.6. The summed E-state index contributed by atoms with van der Waals surface area (Å²) in [6.07, 6.45) is -1.31. The molecule has 8 heteroatoms. The highest BCUT2D eigenvalue weighted by Crippen LogP contribution is 2.37. The molecule has 4 aromatic carbocycles. The number of aliphatic hydroxyl groups excluding tert-OH is 1. The van der Waals surface area contributed by atoms with E-state index in [1.165, 1.54) is 0 Å². The monoisotopic (exact) mass is 532 g/mol. The number of hydrogen-bond donors (Lipinski definition) is 3. The molecule has 3 N–H and O–H groups in total. The van der Waals surface area contributed by atoms with Gasteiger partial charge >= 0.3 is 0 Å². The first-order valence-electron chi connectivity index (χ1n) is 13.3. The Bertz CT molecular complexity index is 1540. The van der Waals surface area contributed by atoms with Gasteiger partial charge in [0.2, 0.25) is 0 Å². The minimum absolute atomic E-state index is 0.376. The van der Waals surface area contributed by atoms with Crippen LogP contribution in [0.25, 0.3) is 22.5 Å². The van der Waals surface area contributed by atoms with Gasteiger partial charge in [0.25, 0.3) is 5.91 Å². The molecule has 40 heavy (non-hydrogen) atoms. The van der Waals surface area contributed by atoms with Gasteiger partial charge in [0.1, 0.15) is 0 Å². The molecule has 0 bridgehead atoms. The van der Waals surface area contributed by atoms with Crippen molar-refractivity contribution in [2.24, 2.45) is 5.92 Å². The van der Waals surface area contributed by atoms with Crippen molar-refractivity contribution < 1.29 is 9.90 Å². The van der Waals surface area contributed by atoms with E-state index in [-0.39, 0.29) is 0 Å². The third kappa shape index (κ3) is 6.24. The molecule has 0 fully saturated rings. The van der Waals surface area contributed by atoms with Gasteiger partial charge in [0.15, 0.2) is 11.9 Å². The SMILES string of the molecule is CC(C)CN(Cc1ccccc1)c1ccc(-c2ccccc2-c2nnn[nH]2)cc1NC(=O)[C@H](O)c1ccccc1. The first-order valence-corrected chi connectivity index (χ1v) is 13.3. The fourth-order valence-electron chi connectivity index (χ4n) is 4.77. The summed E-state index contributed by atoms with van der Waals surface area (Å²) in [5, 5.41) is 28.3. The highest BCUT2D eigenvalue weighted by molar-refractivity contribution is 5.99. The molecule has 0 unspecified atom stereocenters. The molecular weight excluding hydrogens is 500 g/mol. The van der Waals surface area contributed by atoms with Crippen molar-refractivity contribution >= 4 is 17.3 Å². The van der Waals surface area contributed by atoms with Gasteiger partial charge in [-0.05, 0) is 50.7 Å². The largest absolute Gasteiger partial charge is 0.378 e. The van der Waals surface area contributed by atoms with E-state index in [0.717, 1.165) is 34.5 Å². The molecule has 0 saturated carbocycles. The van der Waals surface area contributed by atoms with Gasteiger partial charge in [0.05, 0.1) is 11.4 Å². The van der Waals surface area contributed by atoms with Crippen molar-refractivity contribution in [1.29, 1.82) is 0 Å². The smallest absolute Gasteiger partial charge is 0.257 e. The number of aromatic amines is 1. The van der Waals surface area contributed by atoms with Gasteiger partial charge in [0, 0.05) is 18.7 Å². The summed E-state index contributed by atoms with van der Waals surface area (Å²) in [5.41, 5.74) is 5.80. The number of nitrogens with zero attached hydrogens (tertiary/aromatic N) is 4. The molecule has 0 aliphatic rings. The Hall–Kier alpha value is -4.82. The van der Waals surface area contributed by atoms with E-state index in [1.54, 1.807) is 24.3 Å². The van der Waals surface area contributed by atoms with E-state index >= 15 is 0 Å². The maximum atomic E-state index is 13.4. The maximum Gasteiger partial charge on any atom is 0.257 e. The molecule has 0 aliphatic heterocycles. The number of carbonyl (C=O) groups excluding carboxylic acids is 1. The number of nitrogens with one attached hydrogen (secondary N) is 2. The number of hydrogen-bond acceptors (Lipinski definition) is 6. The van der Waals surface area contributed by atoms with Crippen molar-refractivity contribution in [3.8, 4) is 22.5 Å². The van der Waals surface area contributed by atoms with E-state index in [9.17, 15) is 9.90 Å². The zero-order chi connectivity index (χ0) is 27.9. The van der Waals surface area contributed by atoms with Crippen molar-refractivity contribution in [2.45, 2.75) is 26.5 Å². The van der Waals surface area contributed by atoms with Crippen molar-refractivity contribution in [1.82, 2.24) is 20.6 Å². The number of anilines is 2. The zero-order valence-corrected chi connectivity index (χ0v) is 22.5. The molecule has 0 aliphatic carbocycles. The topological polar surface area (TPSA) is 107 Å². The molecule has 1 atom stereocenters. The Morgan fingerprint density at radius 2 is 1.57 bits per heavy atom. The predicted molar refractivity (Wildman–Crippen MR) is 157 cm³/mol. The molecule has 8 nitrogen and oxygen atoms in total. The van der Waals surface area contributed by atoms with Crippen LogP contribution in [-0.2, 0) is 11.3 Å². The molecule has 0 radical (unpaired) electrons. The van der Waals surface area contributed by atoms with Gasteiger partial charge < -0.3 is 15.3 Å². The lowest BCUT2D eigenvalue weighted by molar-refractivity contribution is -0.124. The average molecular weight is 533 g/mol. The number of aliphatic hydroxyl groups is 1. The number of rotatable bonds is 10.